The predicted molar refractivity (Wildman–Crippen MR) is 94.3 cm³/mol. The summed E-state index contributed by atoms with van der Waals surface area (Å²) in [6.45, 7) is 14.9. The maximum absolute atomic E-state index is 12.2. The summed E-state index contributed by atoms with van der Waals surface area (Å²) in [5, 5.41) is 13.0. The molecule has 1 N–H and O–H groups in total. The maximum Gasteiger partial charge on any atom is 0.231 e. The summed E-state index contributed by atoms with van der Waals surface area (Å²) in [7, 11) is 0. The van der Waals surface area contributed by atoms with Gasteiger partial charge in [0.05, 0.1) is 17.5 Å². The molecule has 128 valence electrons. The molecular formula is C17H28N4OS. The molecule has 1 aromatic rings. The fourth-order valence-corrected chi connectivity index (χ4v) is 2.97. The van der Waals surface area contributed by atoms with Crippen molar-refractivity contribution < 1.29 is 4.79 Å². The van der Waals surface area contributed by atoms with Crippen LogP contribution in [0.15, 0.2) is 5.16 Å². The van der Waals surface area contributed by atoms with E-state index < -0.39 is 5.54 Å². The van der Waals surface area contributed by atoms with Gasteiger partial charge in [-0.2, -0.15) is 5.26 Å². The maximum atomic E-state index is 12.2. The molecule has 23 heavy (non-hydrogen) atoms. The van der Waals surface area contributed by atoms with Crippen LogP contribution in [0, 0.1) is 37.0 Å². The van der Waals surface area contributed by atoms with Crippen molar-refractivity contribution in [2.45, 2.75) is 65.7 Å². The van der Waals surface area contributed by atoms with Crippen molar-refractivity contribution in [1.82, 2.24) is 14.9 Å². The largest absolute Gasteiger partial charge is 0.337 e. The number of amides is 1. The molecule has 1 rings (SSSR count). The molecule has 1 aromatic heterocycles. The Morgan fingerprint density at radius 1 is 1.39 bits per heavy atom. The van der Waals surface area contributed by atoms with Crippen LogP contribution in [0.25, 0.3) is 0 Å². The van der Waals surface area contributed by atoms with Crippen LogP contribution in [0.2, 0.25) is 0 Å². The van der Waals surface area contributed by atoms with Gasteiger partial charge in [-0.3, -0.25) is 4.79 Å². The summed E-state index contributed by atoms with van der Waals surface area (Å²) in [5.74, 6) is 0.687. The van der Waals surface area contributed by atoms with E-state index in [1.165, 1.54) is 11.8 Å². The second kappa shape index (κ2) is 7.87. The first-order chi connectivity index (χ1) is 10.6. The van der Waals surface area contributed by atoms with Gasteiger partial charge in [0, 0.05) is 12.2 Å². The highest BCUT2D eigenvalue weighted by molar-refractivity contribution is 7.99. The van der Waals surface area contributed by atoms with E-state index in [1.807, 2.05) is 20.8 Å². The van der Waals surface area contributed by atoms with Crippen molar-refractivity contribution in [2.24, 2.45) is 11.8 Å². The monoisotopic (exact) mass is 336 g/mol. The Bertz CT molecular complexity index is 600. The van der Waals surface area contributed by atoms with Gasteiger partial charge in [0.15, 0.2) is 5.16 Å². The SMILES string of the molecule is Cc1nc(SCC(=O)N[C@](C)(C#N)C(C)C)n(CC(C)C)c1C. The molecule has 0 spiro atoms. The highest BCUT2D eigenvalue weighted by Gasteiger charge is 2.30. The number of hydrogen-bond acceptors (Lipinski definition) is 4. The van der Waals surface area contributed by atoms with Crippen LogP contribution in [0.4, 0.5) is 0 Å². The van der Waals surface area contributed by atoms with Gasteiger partial charge in [0.25, 0.3) is 0 Å². The lowest BCUT2D eigenvalue weighted by Crippen LogP contribution is -2.49. The first-order valence-corrected chi connectivity index (χ1v) is 8.98. The highest BCUT2D eigenvalue weighted by Crippen LogP contribution is 2.23. The zero-order valence-corrected chi connectivity index (χ0v) is 16.0. The molecule has 0 radical (unpaired) electrons. The third kappa shape index (κ3) is 5.00. The van der Waals surface area contributed by atoms with Crippen molar-refractivity contribution in [3.63, 3.8) is 0 Å². The number of nitrogens with one attached hydrogen (secondary N) is 1. The van der Waals surface area contributed by atoms with E-state index in [1.54, 1.807) is 6.92 Å². The van der Waals surface area contributed by atoms with Crippen molar-refractivity contribution in [2.75, 3.05) is 5.75 Å². The predicted octanol–water partition coefficient (Wildman–Crippen LogP) is 3.30. The summed E-state index contributed by atoms with van der Waals surface area (Å²) in [6.07, 6.45) is 0. The van der Waals surface area contributed by atoms with E-state index in [-0.39, 0.29) is 17.6 Å². The van der Waals surface area contributed by atoms with Gasteiger partial charge in [0.1, 0.15) is 5.54 Å². The lowest BCUT2D eigenvalue weighted by atomic mass is 9.90. The molecule has 0 aliphatic rings. The van der Waals surface area contributed by atoms with E-state index in [0.29, 0.717) is 5.92 Å². The molecule has 5 nitrogen and oxygen atoms in total. The number of carbonyl (C=O) groups is 1. The summed E-state index contributed by atoms with van der Waals surface area (Å²) < 4.78 is 2.17. The topological polar surface area (TPSA) is 70.7 Å². The van der Waals surface area contributed by atoms with Crippen LogP contribution in [-0.2, 0) is 11.3 Å². The number of carbonyl (C=O) groups excluding carboxylic acids is 1. The van der Waals surface area contributed by atoms with E-state index in [9.17, 15) is 10.1 Å². The Hall–Kier alpha value is -1.48. The van der Waals surface area contributed by atoms with Crippen LogP contribution in [0.3, 0.4) is 0 Å². The molecule has 6 heteroatoms. The minimum absolute atomic E-state index is 0.0499. The van der Waals surface area contributed by atoms with Crippen molar-refractivity contribution in [3.05, 3.63) is 11.4 Å². The number of aromatic nitrogens is 2. The van der Waals surface area contributed by atoms with Crippen molar-refractivity contribution in [3.8, 4) is 6.07 Å². The van der Waals surface area contributed by atoms with Crippen LogP contribution in [0.1, 0.15) is 46.0 Å². The number of nitrogens with zero attached hydrogens (tertiary/aromatic N) is 3. The molecule has 0 fully saturated rings. The van der Waals surface area contributed by atoms with E-state index in [4.69, 9.17) is 0 Å². The average molecular weight is 337 g/mol. The second-order valence-corrected chi connectivity index (χ2v) is 7.82. The molecule has 0 aromatic carbocycles. The Kier molecular flexibility index (Phi) is 6.69. The van der Waals surface area contributed by atoms with Gasteiger partial charge in [-0.15, -0.1) is 0 Å². The first-order valence-electron chi connectivity index (χ1n) is 7.99. The normalized spacial score (nSPS) is 13.9. The third-order valence-corrected chi connectivity index (χ3v) is 5.07. The molecule has 0 saturated carbocycles. The van der Waals surface area contributed by atoms with Crippen molar-refractivity contribution in [1.29, 1.82) is 5.26 Å². The van der Waals surface area contributed by atoms with Gasteiger partial charge < -0.3 is 9.88 Å². The van der Waals surface area contributed by atoms with E-state index >= 15 is 0 Å². The Morgan fingerprint density at radius 3 is 2.48 bits per heavy atom. The number of thioether (sulfide) groups is 1. The summed E-state index contributed by atoms with van der Waals surface area (Å²) >= 11 is 1.43. The Morgan fingerprint density at radius 2 is 2.00 bits per heavy atom. The molecule has 0 aliphatic heterocycles. The molecular weight excluding hydrogens is 308 g/mol. The minimum Gasteiger partial charge on any atom is -0.337 e. The average Bonchev–Trinajstić information content (AvgIpc) is 2.72. The molecule has 0 bridgehead atoms. The summed E-state index contributed by atoms with van der Waals surface area (Å²) in [6, 6.07) is 2.20. The molecule has 0 saturated heterocycles. The minimum atomic E-state index is -0.836. The zero-order chi connectivity index (χ0) is 17.8. The van der Waals surface area contributed by atoms with Crippen LogP contribution < -0.4 is 5.32 Å². The molecule has 0 unspecified atom stereocenters. The van der Waals surface area contributed by atoms with E-state index in [2.05, 4.69) is 41.7 Å². The fourth-order valence-electron chi connectivity index (χ4n) is 2.07. The summed E-state index contributed by atoms with van der Waals surface area (Å²) in [4.78, 5) is 16.8. The molecule has 1 heterocycles. The number of aryl methyl sites for hydroxylation is 1. The van der Waals surface area contributed by atoms with Crippen LogP contribution in [-0.4, -0.2) is 26.8 Å². The van der Waals surface area contributed by atoms with Gasteiger partial charge in [-0.1, -0.05) is 39.5 Å². The number of nitriles is 1. The zero-order valence-electron chi connectivity index (χ0n) is 15.2. The first kappa shape index (κ1) is 19.6. The third-order valence-electron chi connectivity index (χ3n) is 4.09. The molecule has 1 amide bonds. The lowest BCUT2D eigenvalue weighted by molar-refractivity contribution is -0.120. The highest BCUT2D eigenvalue weighted by atomic mass is 32.2. The Balaban J connectivity index is 2.77. The summed E-state index contributed by atoms with van der Waals surface area (Å²) in [5.41, 5.74) is 1.31. The Labute approximate surface area is 143 Å². The van der Waals surface area contributed by atoms with Gasteiger partial charge in [-0.25, -0.2) is 4.98 Å². The van der Waals surface area contributed by atoms with Gasteiger partial charge in [-0.05, 0) is 32.6 Å². The van der Waals surface area contributed by atoms with E-state index in [0.717, 1.165) is 23.1 Å². The van der Waals surface area contributed by atoms with Crippen LogP contribution >= 0.6 is 11.8 Å². The molecule has 0 aliphatic carbocycles. The number of hydrogen-bond donors (Lipinski definition) is 1. The van der Waals surface area contributed by atoms with Gasteiger partial charge in [0.2, 0.25) is 5.91 Å². The van der Waals surface area contributed by atoms with Crippen molar-refractivity contribution >= 4 is 17.7 Å². The second-order valence-electron chi connectivity index (χ2n) is 6.88. The number of imidazole rings is 1. The fraction of sp³-hybridized carbons (Fsp3) is 0.706. The quantitative estimate of drug-likeness (QED) is 0.776. The smallest absolute Gasteiger partial charge is 0.231 e. The van der Waals surface area contributed by atoms with Crippen LogP contribution in [0.5, 0.6) is 0 Å². The number of rotatable bonds is 7. The van der Waals surface area contributed by atoms with Gasteiger partial charge >= 0.3 is 0 Å². The standard InChI is InChI=1S/C17H28N4OS/c1-11(2)8-21-14(6)13(5)19-16(21)23-9-15(22)20-17(7,10-18)12(3)4/h11-12H,8-9H2,1-7H3,(H,20,22)/t17-/m1/s1. The molecule has 1 atom stereocenters. The lowest BCUT2D eigenvalue weighted by Gasteiger charge is -2.27.